The number of aromatic nitrogens is 2. The predicted octanol–water partition coefficient (Wildman–Crippen LogP) is 6.57. The normalized spacial score (nSPS) is 10.4. The van der Waals surface area contributed by atoms with Gasteiger partial charge in [0.2, 0.25) is 0 Å². The molecule has 0 saturated carbocycles. The van der Waals surface area contributed by atoms with E-state index in [0.717, 1.165) is 33.5 Å². The van der Waals surface area contributed by atoms with Crippen LogP contribution in [0.25, 0.3) is 21.3 Å². The van der Waals surface area contributed by atoms with Gasteiger partial charge in [0.05, 0.1) is 20.7 Å². The lowest BCUT2D eigenvalue weighted by atomic mass is 10.1. The first kappa shape index (κ1) is 20.8. The van der Waals surface area contributed by atoms with E-state index in [4.69, 9.17) is 11.6 Å². The van der Waals surface area contributed by atoms with Gasteiger partial charge in [-0.2, -0.15) is 0 Å². The summed E-state index contributed by atoms with van der Waals surface area (Å²) in [7, 11) is 0. The number of benzene rings is 2. The van der Waals surface area contributed by atoms with Crippen LogP contribution in [0.1, 0.15) is 24.2 Å². The number of hydrogen-bond acceptors (Lipinski definition) is 4. The van der Waals surface area contributed by atoms with Gasteiger partial charge in [-0.05, 0) is 36.4 Å². The minimum absolute atomic E-state index is 0.168. The molecule has 0 fully saturated rings. The van der Waals surface area contributed by atoms with Crippen molar-refractivity contribution in [3.63, 3.8) is 0 Å². The highest BCUT2D eigenvalue weighted by Gasteiger charge is 2.17. The summed E-state index contributed by atoms with van der Waals surface area (Å²) in [4.78, 5) is 20.5. The maximum atomic E-state index is 13.7. The van der Waals surface area contributed by atoms with E-state index in [1.54, 1.807) is 23.7 Å². The monoisotopic (exact) mass is 431 g/mol. The van der Waals surface area contributed by atoms with Crippen molar-refractivity contribution in [2.75, 3.05) is 5.32 Å². The third-order valence-electron chi connectivity index (χ3n) is 3.93. The van der Waals surface area contributed by atoms with E-state index in [1.165, 1.54) is 23.6 Å². The second-order valence-electron chi connectivity index (χ2n) is 5.64. The Balaban J connectivity index is 0.00000117. The summed E-state index contributed by atoms with van der Waals surface area (Å²) in [6.07, 6.45) is 1.53. The van der Waals surface area contributed by atoms with Crippen LogP contribution in [0.15, 0.2) is 54.2 Å². The number of carbonyl (C=O) groups excluding carboxylic acids is 1. The molecule has 0 aliphatic rings. The van der Waals surface area contributed by atoms with Crippen LogP contribution >= 0.6 is 22.9 Å². The number of nitrogens with zero attached hydrogens (tertiary/aromatic N) is 2. The molecule has 4 nitrogen and oxygen atoms in total. The van der Waals surface area contributed by atoms with Crippen LogP contribution in [0.3, 0.4) is 0 Å². The van der Waals surface area contributed by atoms with Gasteiger partial charge < -0.3 is 5.32 Å². The van der Waals surface area contributed by atoms with Gasteiger partial charge in [-0.15, -0.1) is 11.3 Å². The molecule has 8 heteroatoms. The third kappa shape index (κ3) is 4.41. The van der Waals surface area contributed by atoms with Crippen molar-refractivity contribution in [2.24, 2.45) is 0 Å². The Morgan fingerprint density at radius 2 is 1.79 bits per heavy atom. The lowest BCUT2D eigenvalue weighted by molar-refractivity contribution is 0.101. The van der Waals surface area contributed by atoms with Gasteiger partial charge in [0.15, 0.2) is 0 Å². The average molecular weight is 432 g/mol. The molecule has 1 N–H and O–H groups in total. The maximum Gasteiger partial charge on any atom is 0.262 e. The first-order valence-electron chi connectivity index (χ1n) is 8.77. The van der Waals surface area contributed by atoms with Crippen molar-refractivity contribution in [1.82, 2.24) is 9.97 Å². The summed E-state index contributed by atoms with van der Waals surface area (Å²) in [5.74, 6) is -2.61. The van der Waals surface area contributed by atoms with Crippen LogP contribution in [-0.4, -0.2) is 15.9 Å². The number of carbonyl (C=O) groups is 1. The van der Waals surface area contributed by atoms with Crippen molar-refractivity contribution in [2.45, 2.75) is 13.8 Å². The number of halogens is 3. The number of fused-ring (bicyclic) bond motifs is 1. The van der Waals surface area contributed by atoms with E-state index in [-0.39, 0.29) is 5.82 Å². The van der Waals surface area contributed by atoms with Gasteiger partial charge in [0, 0.05) is 17.3 Å². The molecule has 0 radical (unpaired) electrons. The zero-order valence-electron chi connectivity index (χ0n) is 15.5. The lowest BCUT2D eigenvalue weighted by Gasteiger charge is -2.08. The second-order valence-corrected chi connectivity index (χ2v) is 6.93. The summed E-state index contributed by atoms with van der Waals surface area (Å²) in [6, 6.07) is 10.2. The van der Waals surface area contributed by atoms with Crippen LogP contribution in [0.4, 0.5) is 14.6 Å². The Kier molecular flexibility index (Phi) is 6.51. The molecular weight excluding hydrogens is 416 g/mol. The lowest BCUT2D eigenvalue weighted by Crippen LogP contribution is -2.16. The molecule has 0 saturated heterocycles. The number of hydrogen-bond donors (Lipinski definition) is 1. The molecule has 29 heavy (non-hydrogen) atoms. The van der Waals surface area contributed by atoms with Gasteiger partial charge in [-0.1, -0.05) is 31.5 Å². The molecule has 0 atom stereocenters. The molecule has 148 valence electrons. The smallest absolute Gasteiger partial charge is 0.262 e. The number of thiazole rings is 1. The molecule has 2 heterocycles. The van der Waals surface area contributed by atoms with Crippen LogP contribution in [0.2, 0.25) is 5.02 Å². The Labute approximate surface area is 175 Å². The van der Waals surface area contributed by atoms with Crippen LogP contribution < -0.4 is 5.32 Å². The number of anilines is 1. The van der Waals surface area contributed by atoms with Crippen molar-refractivity contribution >= 4 is 44.9 Å². The minimum atomic E-state index is -0.936. The quantitative estimate of drug-likeness (QED) is 0.399. The molecule has 2 aromatic carbocycles. The van der Waals surface area contributed by atoms with E-state index in [2.05, 4.69) is 15.3 Å². The third-order valence-corrected chi connectivity index (χ3v) is 5.03. The number of pyridine rings is 1. The molecule has 0 spiro atoms. The topological polar surface area (TPSA) is 54.9 Å². The summed E-state index contributed by atoms with van der Waals surface area (Å²) >= 11 is 7.82. The highest BCUT2D eigenvalue weighted by molar-refractivity contribution is 7.16. The van der Waals surface area contributed by atoms with Crippen molar-refractivity contribution in [3.05, 3.63) is 76.4 Å². The minimum Gasteiger partial charge on any atom is -0.306 e. The first-order chi connectivity index (χ1) is 14.0. The fourth-order valence-electron chi connectivity index (χ4n) is 2.62. The zero-order chi connectivity index (χ0) is 21.0. The van der Waals surface area contributed by atoms with Crippen molar-refractivity contribution < 1.29 is 13.6 Å². The molecule has 1 amide bonds. The SMILES string of the molecule is CC.O=C(Nc1ccc(-c2cc3scnc3cc2Cl)cn1)c1c(F)cccc1F. The van der Waals surface area contributed by atoms with Gasteiger partial charge in [0.25, 0.3) is 5.91 Å². The summed E-state index contributed by atoms with van der Waals surface area (Å²) in [6.45, 7) is 4.00. The molecule has 0 aliphatic carbocycles. The van der Waals surface area contributed by atoms with Crippen LogP contribution in [-0.2, 0) is 0 Å². The van der Waals surface area contributed by atoms with Crippen molar-refractivity contribution in [1.29, 1.82) is 0 Å². The average Bonchev–Trinajstić information content (AvgIpc) is 3.16. The standard InChI is InChI=1S/C19H10ClF2N3OS.C2H6/c20-12-7-15-16(27-9-24-15)6-11(12)10-4-5-17(23-8-10)25-19(26)18-13(21)2-1-3-14(18)22;1-2/h1-9H,(H,23,25,26);1-2H3. The number of nitrogens with one attached hydrogen (secondary N) is 1. The van der Waals surface area contributed by atoms with Gasteiger partial charge >= 0.3 is 0 Å². The Hall–Kier alpha value is -2.90. The summed E-state index contributed by atoms with van der Waals surface area (Å²) in [5, 5.41) is 2.92. The van der Waals surface area contributed by atoms with Crippen LogP contribution in [0.5, 0.6) is 0 Å². The van der Waals surface area contributed by atoms with Gasteiger partial charge in [-0.25, -0.2) is 18.7 Å². The fraction of sp³-hybridized carbons (Fsp3) is 0.0952. The number of amides is 1. The zero-order valence-corrected chi connectivity index (χ0v) is 17.1. The van der Waals surface area contributed by atoms with E-state index < -0.39 is 23.1 Å². The van der Waals surface area contributed by atoms with Gasteiger partial charge in [-0.3, -0.25) is 4.79 Å². The molecule has 4 aromatic rings. The fourth-order valence-corrected chi connectivity index (χ4v) is 3.59. The largest absolute Gasteiger partial charge is 0.306 e. The predicted molar refractivity (Wildman–Crippen MR) is 114 cm³/mol. The molecular formula is C21H16ClF2N3OS. The van der Waals surface area contributed by atoms with E-state index >= 15 is 0 Å². The molecule has 4 rings (SSSR count). The second kappa shape index (κ2) is 9.07. The highest BCUT2D eigenvalue weighted by Crippen LogP contribution is 2.33. The first-order valence-corrected chi connectivity index (χ1v) is 10.0. The van der Waals surface area contributed by atoms with Crippen molar-refractivity contribution in [3.8, 4) is 11.1 Å². The molecule has 2 aromatic heterocycles. The van der Waals surface area contributed by atoms with E-state index in [0.29, 0.717) is 5.02 Å². The molecule has 0 bridgehead atoms. The maximum absolute atomic E-state index is 13.7. The van der Waals surface area contributed by atoms with Crippen LogP contribution in [0, 0.1) is 11.6 Å². The molecule has 0 aliphatic heterocycles. The van der Waals surface area contributed by atoms with Gasteiger partial charge in [0.1, 0.15) is 23.0 Å². The molecule has 0 unspecified atom stereocenters. The van der Waals surface area contributed by atoms with E-state index in [9.17, 15) is 13.6 Å². The Bertz CT molecular complexity index is 1140. The summed E-state index contributed by atoms with van der Waals surface area (Å²) < 4.78 is 28.4. The highest BCUT2D eigenvalue weighted by atomic mass is 35.5. The van der Waals surface area contributed by atoms with E-state index in [1.807, 2.05) is 19.9 Å². The number of rotatable bonds is 3. The Morgan fingerprint density at radius 3 is 2.45 bits per heavy atom. The summed E-state index contributed by atoms with van der Waals surface area (Å²) in [5.41, 5.74) is 3.42. The Morgan fingerprint density at radius 1 is 1.07 bits per heavy atom.